The summed E-state index contributed by atoms with van der Waals surface area (Å²) in [5.74, 6) is 0.660. The highest BCUT2D eigenvalue weighted by atomic mass is 127. The molecule has 0 saturated heterocycles. The smallest absolute Gasteiger partial charge is 0.187 e. The molecule has 1 aromatic rings. The van der Waals surface area contributed by atoms with Crippen molar-refractivity contribution >= 4 is 34.4 Å². The Kier molecular flexibility index (Phi) is 4.45. The minimum atomic E-state index is 0.570. The third-order valence-corrected chi connectivity index (χ3v) is 3.72. The number of aromatic nitrogens is 2. The van der Waals surface area contributed by atoms with E-state index in [1.54, 1.807) is 11.8 Å². The lowest BCUT2D eigenvalue weighted by Crippen LogP contribution is -2.06. The number of rotatable bonds is 3. The van der Waals surface area contributed by atoms with Crippen LogP contribution in [0, 0.1) is 9.49 Å². The lowest BCUT2D eigenvalue weighted by molar-refractivity contribution is 0.640. The molecule has 2 nitrogen and oxygen atoms in total. The van der Waals surface area contributed by atoms with Crippen molar-refractivity contribution in [3.8, 4) is 0 Å². The lowest BCUT2D eigenvalue weighted by Gasteiger charge is -2.12. The Morgan fingerprint density at radius 3 is 2.23 bits per heavy atom. The van der Waals surface area contributed by atoms with Gasteiger partial charge in [0.2, 0.25) is 0 Å². The molecule has 1 heterocycles. The summed E-state index contributed by atoms with van der Waals surface area (Å²) < 4.78 is 1.08. The molecule has 0 saturated carbocycles. The monoisotopic (exact) mass is 308 g/mol. The normalized spacial score (nSPS) is 13.3. The second kappa shape index (κ2) is 5.14. The molecule has 0 radical (unpaired) electrons. The van der Waals surface area contributed by atoms with E-state index >= 15 is 0 Å². The van der Waals surface area contributed by atoms with Crippen molar-refractivity contribution in [2.45, 2.75) is 31.2 Å². The number of hydrogen-bond acceptors (Lipinski definition) is 3. The summed E-state index contributed by atoms with van der Waals surface area (Å²) in [4.78, 5) is 8.49. The fraction of sp³-hybridized carbons (Fsp3) is 0.556. The van der Waals surface area contributed by atoms with E-state index in [0.717, 1.165) is 8.73 Å². The largest absolute Gasteiger partial charge is 0.230 e. The van der Waals surface area contributed by atoms with E-state index in [1.807, 2.05) is 12.4 Å². The topological polar surface area (TPSA) is 25.8 Å². The summed E-state index contributed by atoms with van der Waals surface area (Å²) in [6.07, 6.45) is 3.70. The van der Waals surface area contributed by atoms with Crippen molar-refractivity contribution in [2.24, 2.45) is 5.92 Å². The van der Waals surface area contributed by atoms with Crippen molar-refractivity contribution in [3.63, 3.8) is 0 Å². The van der Waals surface area contributed by atoms with Crippen LogP contribution in [0.3, 0.4) is 0 Å². The molecule has 0 aromatic carbocycles. The predicted molar refractivity (Wildman–Crippen MR) is 64.9 cm³/mol. The minimum absolute atomic E-state index is 0.570. The Hall–Kier alpha value is 0.160. The van der Waals surface area contributed by atoms with E-state index in [2.05, 4.69) is 53.3 Å². The first-order chi connectivity index (χ1) is 6.09. The van der Waals surface area contributed by atoms with Gasteiger partial charge < -0.3 is 0 Å². The molecule has 0 spiro atoms. The maximum atomic E-state index is 4.24. The Balaban J connectivity index is 2.59. The molecule has 0 aliphatic carbocycles. The molecule has 1 aromatic heterocycles. The van der Waals surface area contributed by atoms with Crippen LogP contribution < -0.4 is 0 Å². The highest BCUT2D eigenvalue weighted by Crippen LogP contribution is 2.24. The zero-order chi connectivity index (χ0) is 9.84. The third-order valence-electron chi connectivity index (χ3n) is 1.83. The summed E-state index contributed by atoms with van der Waals surface area (Å²) in [5, 5.41) is 1.45. The predicted octanol–water partition coefficient (Wildman–Crippen LogP) is 3.22. The van der Waals surface area contributed by atoms with E-state index < -0.39 is 0 Å². The first-order valence-electron chi connectivity index (χ1n) is 4.24. The molecule has 0 fully saturated rings. The van der Waals surface area contributed by atoms with E-state index in [9.17, 15) is 0 Å². The van der Waals surface area contributed by atoms with Gasteiger partial charge in [-0.1, -0.05) is 32.5 Å². The number of hydrogen-bond donors (Lipinski definition) is 0. The summed E-state index contributed by atoms with van der Waals surface area (Å²) in [6, 6.07) is 0. The maximum Gasteiger partial charge on any atom is 0.187 e. The second-order valence-corrected chi connectivity index (χ2v) is 5.84. The average Bonchev–Trinajstić information content (AvgIpc) is 2.08. The average molecular weight is 308 g/mol. The van der Waals surface area contributed by atoms with Gasteiger partial charge in [-0.25, -0.2) is 9.97 Å². The number of nitrogens with zero attached hydrogens (tertiary/aromatic N) is 2. The van der Waals surface area contributed by atoms with Crippen molar-refractivity contribution in [1.29, 1.82) is 0 Å². The first-order valence-corrected chi connectivity index (χ1v) is 6.19. The molecule has 1 unspecified atom stereocenters. The summed E-state index contributed by atoms with van der Waals surface area (Å²) in [5.41, 5.74) is 0. The van der Waals surface area contributed by atoms with Gasteiger partial charge in [0.1, 0.15) is 0 Å². The van der Waals surface area contributed by atoms with Gasteiger partial charge in [-0.3, -0.25) is 0 Å². The van der Waals surface area contributed by atoms with Crippen LogP contribution in [0.2, 0.25) is 0 Å². The van der Waals surface area contributed by atoms with Crippen LogP contribution in [0.4, 0.5) is 0 Å². The van der Waals surface area contributed by atoms with Crippen LogP contribution >= 0.6 is 34.4 Å². The van der Waals surface area contributed by atoms with Crippen molar-refractivity contribution in [1.82, 2.24) is 9.97 Å². The van der Waals surface area contributed by atoms with E-state index in [0.29, 0.717) is 11.2 Å². The molecule has 0 amide bonds. The molecule has 1 atom stereocenters. The van der Waals surface area contributed by atoms with Crippen molar-refractivity contribution in [2.75, 3.05) is 0 Å². The fourth-order valence-corrected chi connectivity index (χ4v) is 1.77. The molecular formula is C9H13IN2S. The Morgan fingerprint density at radius 2 is 1.77 bits per heavy atom. The van der Waals surface area contributed by atoms with Gasteiger partial charge in [0.25, 0.3) is 0 Å². The number of thioether (sulfide) groups is 1. The van der Waals surface area contributed by atoms with Gasteiger partial charge in [0.05, 0.1) is 0 Å². The quantitative estimate of drug-likeness (QED) is 0.487. The highest BCUT2D eigenvalue weighted by Gasteiger charge is 2.09. The zero-order valence-electron chi connectivity index (χ0n) is 7.99. The van der Waals surface area contributed by atoms with Gasteiger partial charge in [-0.15, -0.1) is 0 Å². The summed E-state index contributed by atoms with van der Waals surface area (Å²) >= 11 is 3.94. The zero-order valence-corrected chi connectivity index (χ0v) is 11.0. The van der Waals surface area contributed by atoms with Crippen LogP contribution in [-0.4, -0.2) is 15.2 Å². The Labute approximate surface area is 97.1 Å². The minimum Gasteiger partial charge on any atom is -0.230 e. The molecule has 0 aliphatic heterocycles. The molecule has 13 heavy (non-hydrogen) atoms. The van der Waals surface area contributed by atoms with Crippen LogP contribution in [-0.2, 0) is 0 Å². The van der Waals surface area contributed by atoms with Gasteiger partial charge in [0.15, 0.2) is 5.16 Å². The second-order valence-electron chi connectivity index (χ2n) is 3.25. The molecule has 4 heteroatoms. The molecule has 0 aliphatic rings. The molecule has 1 rings (SSSR count). The third kappa shape index (κ3) is 3.81. The van der Waals surface area contributed by atoms with Crippen LogP contribution in [0.5, 0.6) is 0 Å². The first kappa shape index (κ1) is 11.2. The lowest BCUT2D eigenvalue weighted by atomic mass is 10.2. The van der Waals surface area contributed by atoms with E-state index in [4.69, 9.17) is 0 Å². The van der Waals surface area contributed by atoms with Gasteiger partial charge in [-0.2, -0.15) is 0 Å². The molecular weight excluding hydrogens is 295 g/mol. The highest BCUT2D eigenvalue weighted by molar-refractivity contribution is 14.1. The standard InChI is InChI=1S/C9H13IN2S/c1-6(2)7(3)13-9-11-4-8(10)5-12-9/h4-7H,1-3H3. The summed E-state index contributed by atoms with van der Waals surface area (Å²) in [6.45, 7) is 6.63. The van der Waals surface area contributed by atoms with Crippen molar-refractivity contribution < 1.29 is 0 Å². The van der Waals surface area contributed by atoms with Crippen molar-refractivity contribution in [3.05, 3.63) is 16.0 Å². The fourth-order valence-electron chi connectivity index (χ4n) is 0.664. The SMILES string of the molecule is CC(C)C(C)Sc1ncc(I)cn1. The molecule has 0 bridgehead atoms. The van der Waals surface area contributed by atoms with E-state index in [1.165, 1.54) is 0 Å². The van der Waals surface area contributed by atoms with Crippen LogP contribution in [0.1, 0.15) is 20.8 Å². The Morgan fingerprint density at radius 1 is 1.23 bits per heavy atom. The Bertz CT molecular complexity index is 261. The van der Waals surface area contributed by atoms with Gasteiger partial charge >= 0.3 is 0 Å². The van der Waals surface area contributed by atoms with Gasteiger partial charge in [-0.05, 0) is 28.5 Å². The van der Waals surface area contributed by atoms with Crippen LogP contribution in [0.15, 0.2) is 17.6 Å². The van der Waals surface area contributed by atoms with Crippen LogP contribution in [0.25, 0.3) is 0 Å². The molecule has 0 N–H and O–H groups in total. The van der Waals surface area contributed by atoms with E-state index in [-0.39, 0.29) is 0 Å². The number of halogens is 1. The van der Waals surface area contributed by atoms with Gasteiger partial charge in [0, 0.05) is 21.2 Å². The molecule has 72 valence electrons. The maximum absolute atomic E-state index is 4.24. The summed E-state index contributed by atoms with van der Waals surface area (Å²) in [7, 11) is 0.